The molecule has 3 aliphatic rings. The molecule has 0 saturated carbocycles. The molecular weight excluding hydrogens is 422 g/mol. The van der Waals surface area contributed by atoms with E-state index in [0.29, 0.717) is 19.4 Å². The number of benzene rings is 3. The molecule has 0 radical (unpaired) electrons. The average Bonchev–Trinajstić information content (AvgIpc) is 3.31. The first-order chi connectivity index (χ1) is 16.4. The lowest BCUT2D eigenvalue weighted by atomic mass is 9.78. The van der Waals surface area contributed by atoms with E-state index < -0.39 is 5.60 Å². The van der Waals surface area contributed by atoms with Crippen LogP contribution in [0.4, 0.5) is 4.79 Å². The van der Waals surface area contributed by atoms with Gasteiger partial charge in [0.05, 0.1) is 5.60 Å². The van der Waals surface area contributed by atoms with Gasteiger partial charge in [-0.25, -0.2) is 4.79 Å². The Morgan fingerprint density at radius 3 is 2.15 bits per heavy atom. The second kappa shape index (κ2) is 7.99. The third-order valence-corrected chi connectivity index (χ3v) is 8.21. The van der Waals surface area contributed by atoms with Gasteiger partial charge in [0, 0.05) is 30.8 Å². The number of piperidine rings is 1. The molecule has 3 aromatic rings. The Morgan fingerprint density at radius 2 is 1.53 bits per heavy atom. The van der Waals surface area contributed by atoms with E-state index in [0.717, 1.165) is 29.5 Å². The molecule has 2 bridgehead atoms. The predicted molar refractivity (Wildman–Crippen MR) is 133 cm³/mol. The Hall–Kier alpha value is -3.11. The van der Waals surface area contributed by atoms with Crippen LogP contribution in [0, 0.1) is 13.8 Å². The lowest BCUT2D eigenvalue weighted by molar-refractivity contribution is -0.0535. The number of fused-ring (bicyclic) bond motifs is 5. The Morgan fingerprint density at radius 1 is 0.941 bits per heavy atom. The zero-order valence-electron chi connectivity index (χ0n) is 19.8. The summed E-state index contributed by atoms with van der Waals surface area (Å²) in [6.45, 7) is 4.46. The first-order valence-electron chi connectivity index (χ1n) is 12.4. The zero-order chi connectivity index (χ0) is 23.4. The van der Waals surface area contributed by atoms with Crippen LogP contribution in [0.1, 0.15) is 59.4 Å². The van der Waals surface area contributed by atoms with E-state index in [2.05, 4.69) is 80.6 Å². The monoisotopic (exact) mass is 453 g/mol. The third-order valence-electron chi connectivity index (χ3n) is 8.21. The molecule has 0 aromatic heterocycles. The smallest absolute Gasteiger partial charge is 0.410 e. The molecule has 2 saturated heterocycles. The van der Waals surface area contributed by atoms with Gasteiger partial charge in [0.15, 0.2) is 0 Å². The summed E-state index contributed by atoms with van der Waals surface area (Å²) in [5.41, 5.74) is 7.30. The average molecular weight is 454 g/mol. The van der Waals surface area contributed by atoms with E-state index in [-0.39, 0.29) is 24.1 Å². The van der Waals surface area contributed by atoms with E-state index in [4.69, 9.17) is 4.74 Å². The van der Waals surface area contributed by atoms with Crippen LogP contribution in [0.2, 0.25) is 0 Å². The van der Waals surface area contributed by atoms with E-state index in [1.165, 1.54) is 22.3 Å². The van der Waals surface area contributed by atoms with E-state index in [1.54, 1.807) is 0 Å². The summed E-state index contributed by atoms with van der Waals surface area (Å²) in [5.74, 6) is 0.0608. The van der Waals surface area contributed by atoms with Gasteiger partial charge in [0.25, 0.3) is 0 Å². The molecule has 2 atom stereocenters. The number of carbonyl (C=O) groups is 1. The summed E-state index contributed by atoms with van der Waals surface area (Å²) in [7, 11) is 0. The van der Waals surface area contributed by atoms with Crippen molar-refractivity contribution in [2.45, 2.75) is 63.1 Å². The van der Waals surface area contributed by atoms with E-state index >= 15 is 0 Å². The molecule has 2 unspecified atom stereocenters. The molecule has 4 heteroatoms. The predicted octanol–water partition coefficient (Wildman–Crippen LogP) is 6.07. The molecule has 0 spiro atoms. The highest BCUT2D eigenvalue weighted by molar-refractivity contribution is 5.79. The van der Waals surface area contributed by atoms with Gasteiger partial charge in [-0.2, -0.15) is 0 Å². The Bertz CT molecular complexity index is 1210. The van der Waals surface area contributed by atoms with E-state index in [9.17, 15) is 9.90 Å². The van der Waals surface area contributed by atoms with Crippen molar-refractivity contribution in [3.63, 3.8) is 0 Å². The van der Waals surface area contributed by atoms with Crippen LogP contribution in [0.15, 0.2) is 66.7 Å². The Kier molecular flexibility index (Phi) is 5.03. The minimum absolute atomic E-state index is 0.0133. The number of nitrogens with zero attached hydrogens (tertiary/aromatic N) is 1. The molecule has 3 aromatic carbocycles. The third kappa shape index (κ3) is 3.35. The van der Waals surface area contributed by atoms with Crippen LogP contribution >= 0.6 is 0 Å². The number of hydrogen-bond donors (Lipinski definition) is 1. The van der Waals surface area contributed by atoms with Crippen molar-refractivity contribution < 1.29 is 14.6 Å². The summed E-state index contributed by atoms with van der Waals surface area (Å²) in [5, 5.41) is 11.7. The molecule has 1 N–H and O–H groups in total. The summed E-state index contributed by atoms with van der Waals surface area (Å²) >= 11 is 0. The van der Waals surface area contributed by atoms with Crippen LogP contribution in [-0.2, 0) is 10.3 Å². The van der Waals surface area contributed by atoms with Gasteiger partial charge in [-0.15, -0.1) is 0 Å². The van der Waals surface area contributed by atoms with Gasteiger partial charge in [-0.05, 0) is 60.1 Å². The fraction of sp³-hybridized carbons (Fsp3) is 0.367. The SMILES string of the molecule is Cc1ccc(C)c(C2(O)CC3CCC(C2)N3C(=O)OCC2c3ccccc3-c3ccccc32)c1. The molecule has 4 nitrogen and oxygen atoms in total. The Balaban J connectivity index is 1.20. The van der Waals surface area contributed by atoms with E-state index in [1.807, 2.05) is 4.90 Å². The number of amides is 1. The minimum Gasteiger partial charge on any atom is -0.448 e. The van der Waals surface area contributed by atoms with Crippen molar-refractivity contribution in [3.8, 4) is 11.1 Å². The summed E-state index contributed by atoms with van der Waals surface area (Å²) in [6, 6.07) is 23.1. The second-order valence-corrected chi connectivity index (χ2v) is 10.4. The lowest BCUT2D eigenvalue weighted by Crippen LogP contribution is -2.52. The molecule has 2 fully saturated rings. The number of carbonyl (C=O) groups excluding carboxylic acids is 1. The molecule has 1 aliphatic carbocycles. The maximum absolute atomic E-state index is 13.3. The van der Waals surface area contributed by atoms with Crippen molar-refractivity contribution in [1.29, 1.82) is 0 Å². The van der Waals surface area contributed by atoms with Gasteiger partial charge >= 0.3 is 6.09 Å². The number of rotatable bonds is 3. The summed E-state index contributed by atoms with van der Waals surface area (Å²) in [4.78, 5) is 15.3. The largest absolute Gasteiger partial charge is 0.448 e. The van der Waals surface area contributed by atoms with Gasteiger partial charge < -0.3 is 14.7 Å². The van der Waals surface area contributed by atoms with Crippen LogP contribution in [0.5, 0.6) is 0 Å². The highest BCUT2D eigenvalue weighted by Crippen LogP contribution is 2.48. The molecular formula is C30H31NO3. The quantitative estimate of drug-likeness (QED) is 0.524. The topological polar surface area (TPSA) is 49.8 Å². The van der Waals surface area contributed by atoms with Gasteiger partial charge in [-0.1, -0.05) is 72.3 Å². The number of hydrogen-bond acceptors (Lipinski definition) is 3. The van der Waals surface area contributed by atoms with Crippen molar-refractivity contribution in [3.05, 3.63) is 94.5 Å². The van der Waals surface area contributed by atoms with Crippen molar-refractivity contribution in [2.24, 2.45) is 0 Å². The van der Waals surface area contributed by atoms with Crippen LogP contribution < -0.4 is 0 Å². The minimum atomic E-state index is -0.887. The van der Waals surface area contributed by atoms with Crippen molar-refractivity contribution >= 4 is 6.09 Å². The fourth-order valence-electron chi connectivity index (χ4n) is 6.65. The fourth-order valence-corrected chi connectivity index (χ4v) is 6.65. The first-order valence-corrected chi connectivity index (χ1v) is 12.4. The normalized spacial score (nSPS) is 25.2. The highest BCUT2D eigenvalue weighted by atomic mass is 16.6. The first kappa shape index (κ1) is 21.4. The van der Waals surface area contributed by atoms with Crippen molar-refractivity contribution in [2.75, 3.05) is 6.61 Å². The van der Waals surface area contributed by atoms with Crippen LogP contribution in [0.3, 0.4) is 0 Å². The van der Waals surface area contributed by atoms with Gasteiger partial charge in [-0.3, -0.25) is 0 Å². The second-order valence-electron chi connectivity index (χ2n) is 10.4. The number of aliphatic hydroxyl groups is 1. The zero-order valence-corrected chi connectivity index (χ0v) is 19.8. The molecule has 1 amide bonds. The lowest BCUT2D eigenvalue weighted by Gasteiger charge is -2.44. The Labute approximate surface area is 201 Å². The molecule has 174 valence electrons. The highest BCUT2D eigenvalue weighted by Gasteiger charge is 2.51. The van der Waals surface area contributed by atoms with Gasteiger partial charge in [0.2, 0.25) is 0 Å². The van der Waals surface area contributed by atoms with Crippen molar-refractivity contribution in [1.82, 2.24) is 4.90 Å². The molecule has 2 heterocycles. The number of ether oxygens (including phenoxy) is 1. The molecule has 6 rings (SSSR count). The standard InChI is InChI=1S/C30H31NO3/c1-19-11-12-20(2)28(15-19)30(33)16-21-13-14-22(17-30)31(21)29(32)34-18-27-25-9-5-3-7-23(25)24-8-4-6-10-26(24)27/h3-12,15,21-22,27,33H,13-14,16-18H2,1-2H3. The maximum Gasteiger partial charge on any atom is 0.410 e. The van der Waals surface area contributed by atoms with Gasteiger partial charge in [0.1, 0.15) is 6.61 Å². The summed E-state index contributed by atoms with van der Waals surface area (Å²) < 4.78 is 5.98. The molecule has 2 aliphatic heterocycles. The maximum atomic E-state index is 13.3. The number of aryl methyl sites for hydroxylation is 2. The van der Waals surface area contributed by atoms with Crippen LogP contribution in [0.25, 0.3) is 11.1 Å². The van der Waals surface area contributed by atoms with Crippen LogP contribution in [-0.4, -0.2) is 34.8 Å². The summed E-state index contributed by atoms with van der Waals surface area (Å²) in [6.07, 6.45) is 2.73. The molecule has 34 heavy (non-hydrogen) atoms.